The second-order valence-electron chi connectivity index (χ2n) is 2.57. The van der Waals surface area contributed by atoms with Crippen LogP contribution in [0.25, 0.3) is 0 Å². The highest BCUT2D eigenvalue weighted by atomic mass is 35.7. The van der Waals surface area contributed by atoms with Crippen molar-refractivity contribution < 1.29 is 8.42 Å². The highest BCUT2D eigenvalue weighted by Crippen LogP contribution is 2.11. The molecule has 0 atom stereocenters. The molecule has 7 heteroatoms. The number of nitrogens with zero attached hydrogens (tertiary/aromatic N) is 3. The Balaban J connectivity index is 3.09. The van der Waals surface area contributed by atoms with Crippen molar-refractivity contribution in [3.05, 3.63) is 6.20 Å². The quantitative estimate of drug-likeness (QED) is 0.676. The molecule has 0 saturated heterocycles. The van der Waals surface area contributed by atoms with E-state index in [1.807, 2.05) is 13.8 Å². The van der Waals surface area contributed by atoms with Crippen molar-refractivity contribution in [2.24, 2.45) is 0 Å². The third kappa shape index (κ3) is 1.95. The molecule has 1 aromatic heterocycles. The molecule has 1 aromatic rings. The molecular weight excluding hydrogens is 202 g/mol. The van der Waals surface area contributed by atoms with Gasteiger partial charge in [-0.05, 0) is 13.8 Å². The van der Waals surface area contributed by atoms with E-state index in [0.717, 1.165) is 0 Å². The second-order valence-corrected chi connectivity index (χ2v) is 5.08. The van der Waals surface area contributed by atoms with Crippen LogP contribution in [0.4, 0.5) is 0 Å². The molecule has 0 unspecified atom stereocenters. The van der Waals surface area contributed by atoms with Crippen molar-refractivity contribution in [3.8, 4) is 0 Å². The number of hydrogen-bond acceptors (Lipinski definition) is 4. The van der Waals surface area contributed by atoms with Crippen LogP contribution in [0.1, 0.15) is 19.9 Å². The molecule has 12 heavy (non-hydrogen) atoms. The van der Waals surface area contributed by atoms with E-state index in [4.69, 9.17) is 10.7 Å². The van der Waals surface area contributed by atoms with Crippen LogP contribution in [0.2, 0.25) is 0 Å². The van der Waals surface area contributed by atoms with Crippen LogP contribution in [-0.4, -0.2) is 23.4 Å². The first-order chi connectivity index (χ1) is 5.41. The smallest absolute Gasteiger partial charge is 0.249 e. The van der Waals surface area contributed by atoms with E-state index in [2.05, 4.69) is 10.3 Å². The number of aromatic nitrogens is 3. The van der Waals surface area contributed by atoms with Gasteiger partial charge in [-0.2, -0.15) is 0 Å². The van der Waals surface area contributed by atoms with Crippen LogP contribution >= 0.6 is 10.7 Å². The van der Waals surface area contributed by atoms with Crippen molar-refractivity contribution in [2.75, 3.05) is 0 Å². The Labute approximate surface area is 74.8 Å². The van der Waals surface area contributed by atoms with Gasteiger partial charge in [-0.25, -0.2) is 13.1 Å². The lowest BCUT2D eigenvalue weighted by atomic mass is 10.4. The molecule has 0 amide bonds. The Morgan fingerprint density at radius 2 is 2.17 bits per heavy atom. The van der Waals surface area contributed by atoms with Gasteiger partial charge in [-0.3, -0.25) is 0 Å². The Kier molecular flexibility index (Phi) is 2.39. The first kappa shape index (κ1) is 9.47. The summed E-state index contributed by atoms with van der Waals surface area (Å²) in [6.45, 7) is 3.72. The first-order valence-corrected chi connectivity index (χ1v) is 5.58. The molecular formula is C5H8ClN3O2S. The molecule has 0 N–H and O–H groups in total. The second kappa shape index (κ2) is 3.02. The lowest BCUT2D eigenvalue weighted by Gasteiger charge is -2.00. The van der Waals surface area contributed by atoms with Gasteiger partial charge in [0.15, 0.2) is 0 Å². The van der Waals surface area contributed by atoms with Crippen LogP contribution in [0.15, 0.2) is 11.2 Å². The molecule has 0 saturated carbocycles. The third-order valence-corrected chi connectivity index (χ3v) is 2.43. The zero-order valence-corrected chi connectivity index (χ0v) is 8.17. The summed E-state index contributed by atoms with van der Waals surface area (Å²) in [6.07, 6.45) is 1.30. The minimum atomic E-state index is -3.74. The fourth-order valence-corrected chi connectivity index (χ4v) is 1.20. The number of halogens is 1. The van der Waals surface area contributed by atoms with Gasteiger partial charge in [-0.15, -0.1) is 5.10 Å². The summed E-state index contributed by atoms with van der Waals surface area (Å²) in [6, 6.07) is 0.0738. The summed E-state index contributed by atoms with van der Waals surface area (Å²) in [5.41, 5.74) is 0. The molecule has 68 valence electrons. The van der Waals surface area contributed by atoms with Gasteiger partial charge in [0.05, 0.1) is 6.20 Å². The fraction of sp³-hybridized carbons (Fsp3) is 0.600. The molecule has 0 aliphatic heterocycles. The van der Waals surface area contributed by atoms with Crippen LogP contribution in [0.3, 0.4) is 0 Å². The van der Waals surface area contributed by atoms with E-state index < -0.39 is 9.05 Å². The molecule has 0 aromatic carbocycles. The van der Waals surface area contributed by atoms with Crippen LogP contribution < -0.4 is 0 Å². The monoisotopic (exact) mass is 209 g/mol. The molecule has 0 aliphatic carbocycles. The Hall–Kier alpha value is -0.620. The molecule has 0 radical (unpaired) electrons. The Bertz CT molecular complexity index is 370. The average molecular weight is 210 g/mol. The summed E-state index contributed by atoms with van der Waals surface area (Å²) in [5, 5.41) is 6.78. The normalized spacial score (nSPS) is 12.3. The lowest BCUT2D eigenvalue weighted by molar-refractivity contribution is 0.514. The molecule has 1 heterocycles. The number of hydrogen-bond donors (Lipinski definition) is 0. The van der Waals surface area contributed by atoms with E-state index >= 15 is 0 Å². The topological polar surface area (TPSA) is 64.8 Å². The zero-order valence-electron chi connectivity index (χ0n) is 6.60. The van der Waals surface area contributed by atoms with E-state index in [9.17, 15) is 8.42 Å². The summed E-state index contributed by atoms with van der Waals surface area (Å²) in [5.74, 6) is 0. The maximum atomic E-state index is 10.7. The van der Waals surface area contributed by atoms with Crippen molar-refractivity contribution in [1.29, 1.82) is 0 Å². The minimum Gasteiger partial charge on any atom is -0.249 e. The van der Waals surface area contributed by atoms with Crippen LogP contribution in [0.5, 0.6) is 0 Å². The van der Waals surface area contributed by atoms with Crippen molar-refractivity contribution in [2.45, 2.75) is 24.9 Å². The fourth-order valence-electron chi connectivity index (χ4n) is 0.625. The predicted molar refractivity (Wildman–Crippen MR) is 43.4 cm³/mol. The van der Waals surface area contributed by atoms with Crippen LogP contribution in [-0.2, 0) is 9.05 Å². The van der Waals surface area contributed by atoms with Crippen molar-refractivity contribution in [1.82, 2.24) is 15.0 Å². The van der Waals surface area contributed by atoms with Crippen molar-refractivity contribution >= 4 is 19.7 Å². The SMILES string of the molecule is CC(C)n1cc(S(=O)(=O)Cl)nn1. The van der Waals surface area contributed by atoms with Gasteiger partial charge in [0.25, 0.3) is 9.05 Å². The van der Waals surface area contributed by atoms with E-state index in [1.54, 1.807) is 0 Å². The lowest BCUT2D eigenvalue weighted by Crippen LogP contribution is -2.00. The van der Waals surface area contributed by atoms with Gasteiger partial charge >= 0.3 is 0 Å². The highest BCUT2D eigenvalue weighted by molar-refractivity contribution is 8.13. The largest absolute Gasteiger partial charge is 0.282 e. The van der Waals surface area contributed by atoms with E-state index in [1.165, 1.54) is 10.9 Å². The van der Waals surface area contributed by atoms with E-state index in [-0.39, 0.29) is 11.1 Å². The standard InChI is InChI=1S/C5H8ClN3O2S/c1-4(2)9-3-5(7-8-9)12(6,10)11/h3-4H,1-2H3. The number of rotatable bonds is 2. The van der Waals surface area contributed by atoms with E-state index in [0.29, 0.717) is 0 Å². The van der Waals surface area contributed by atoms with Gasteiger partial charge in [0, 0.05) is 16.7 Å². The molecule has 0 spiro atoms. The van der Waals surface area contributed by atoms with Crippen molar-refractivity contribution in [3.63, 3.8) is 0 Å². The Morgan fingerprint density at radius 3 is 2.42 bits per heavy atom. The maximum absolute atomic E-state index is 10.7. The summed E-state index contributed by atoms with van der Waals surface area (Å²) in [4.78, 5) is 0. The van der Waals surface area contributed by atoms with Gasteiger partial charge in [-0.1, -0.05) is 5.21 Å². The third-order valence-electron chi connectivity index (χ3n) is 1.27. The minimum absolute atomic E-state index is 0.0738. The molecule has 5 nitrogen and oxygen atoms in total. The van der Waals surface area contributed by atoms with Gasteiger partial charge < -0.3 is 0 Å². The Morgan fingerprint density at radius 1 is 1.58 bits per heavy atom. The molecule has 0 bridgehead atoms. The summed E-state index contributed by atoms with van der Waals surface area (Å²) in [7, 11) is 1.30. The van der Waals surface area contributed by atoms with Gasteiger partial charge in [0.2, 0.25) is 5.03 Å². The summed E-state index contributed by atoms with van der Waals surface area (Å²) < 4.78 is 22.9. The zero-order chi connectivity index (χ0) is 9.35. The highest BCUT2D eigenvalue weighted by Gasteiger charge is 2.15. The average Bonchev–Trinajstić information content (AvgIpc) is 2.30. The first-order valence-electron chi connectivity index (χ1n) is 3.28. The van der Waals surface area contributed by atoms with Crippen LogP contribution in [0, 0.1) is 0 Å². The summed E-state index contributed by atoms with van der Waals surface area (Å²) >= 11 is 0. The van der Waals surface area contributed by atoms with Gasteiger partial charge in [0.1, 0.15) is 0 Å². The molecule has 0 aliphatic rings. The molecule has 0 fully saturated rings. The predicted octanol–water partition coefficient (Wildman–Crippen LogP) is 0.786. The maximum Gasteiger partial charge on any atom is 0.282 e. The molecule has 1 rings (SSSR count).